The van der Waals surface area contributed by atoms with Crippen molar-refractivity contribution in [1.29, 1.82) is 5.26 Å². The lowest BCUT2D eigenvalue weighted by Crippen LogP contribution is -2.15. The largest absolute Gasteiger partial charge is 0.469 e. The minimum absolute atomic E-state index is 0.222. The zero-order valence-electron chi connectivity index (χ0n) is 9.36. The zero-order chi connectivity index (χ0) is 12.1. The Kier molecular flexibility index (Phi) is 3.90. The van der Waals surface area contributed by atoms with Gasteiger partial charge in [-0.1, -0.05) is 13.0 Å². The van der Waals surface area contributed by atoms with Crippen LogP contribution in [0.5, 0.6) is 0 Å². The van der Waals surface area contributed by atoms with Crippen LogP contribution < -0.4 is 5.73 Å². The van der Waals surface area contributed by atoms with Crippen LogP contribution in [0.1, 0.15) is 18.1 Å². The highest BCUT2D eigenvalue weighted by Gasteiger charge is 2.14. The van der Waals surface area contributed by atoms with Gasteiger partial charge in [0.25, 0.3) is 0 Å². The molecule has 4 heteroatoms. The van der Waals surface area contributed by atoms with Crippen molar-refractivity contribution in [2.24, 2.45) is 5.92 Å². The van der Waals surface area contributed by atoms with Crippen LogP contribution in [0.4, 0.5) is 5.69 Å². The molecule has 1 rings (SSSR count). The first kappa shape index (κ1) is 12.1. The first-order valence-corrected chi connectivity index (χ1v) is 4.94. The number of rotatable bonds is 3. The number of nitrogen functional groups attached to an aromatic ring is 1. The van der Waals surface area contributed by atoms with Crippen molar-refractivity contribution < 1.29 is 9.53 Å². The summed E-state index contributed by atoms with van der Waals surface area (Å²) in [6.07, 6.45) is 0.543. The van der Waals surface area contributed by atoms with Crippen molar-refractivity contribution in [3.8, 4) is 6.07 Å². The molecular formula is C12H14N2O2. The number of benzene rings is 1. The predicted octanol–water partition coefficient (Wildman–Crippen LogP) is 1.49. The van der Waals surface area contributed by atoms with Gasteiger partial charge < -0.3 is 10.5 Å². The summed E-state index contributed by atoms with van der Waals surface area (Å²) in [6, 6.07) is 7.21. The van der Waals surface area contributed by atoms with Gasteiger partial charge in [0, 0.05) is 5.69 Å². The van der Waals surface area contributed by atoms with Crippen molar-refractivity contribution in [3.63, 3.8) is 0 Å². The van der Waals surface area contributed by atoms with Gasteiger partial charge in [-0.15, -0.1) is 0 Å². The average Bonchev–Trinajstić information content (AvgIpc) is 2.30. The molecule has 0 aromatic heterocycles. The molecule has 0 saturated heterocycles. The normalized spacial score (nSPS) is 11.6. The van der Waals surface area contributed by atoms with E-state index in [0.29, 0.717) is 17.7 Å². The van der Waals surface area contributed by atoms with Crippen LogP contribution in [0, 0.1) is 17.2 Å². The maximum absolute atomic E-state index is 11.2. The van der Waals surface area contributed by atoms with Crippen LogP contribution >= 0.6 is 0 Å². The van der Waals surface area contributed by atoms with Crippen molar-refractivity contribution >= 4 is 11.7 Å². The number of methoxy groups -OCH3 is 1. The van der Waals surface area contributed by atoms with Gasteiger partial charge in [0.05, 0.1) is 18.6 Å². The summed E-state index contributed by atoms with van der Waals surface area (Å²) in [5, 5.41) is 8.81. The highest BCUT2D eigenvalue weighted by Crippen LogP contribution is 2.16. The van der Waals surface area contributed by atoms with E-state index in [1.54, 1.807) is 19.1 Å². The number of nitrogens with two attached hydrogens (primary N) is 1. The van der Waals surface area contributed by atoms with E-state index in [0.717, 1.165) is 5.56 Å². The van der Waals surface area contributed by atoms with Crippen LogP contribution in [0.3, 0.4) is 0 Å². The molecule has 4 nitrogen and oxygen atoms in total. The summed E-state index contributed by atoms with van der Waals surface area (Å²) in [6.45, 7) is 1.79. The van der Waals surface area contributed by atoms with Gasteiger partial charge in [-0.3, -0.25) is 4.79 Å². The molecule has 1 unspecified atom stereocenters. The Morgan fingerprint density at radius 1 is 1.62 bits per heavy atom. The number of carbonyl (C=O) groups excluding carboxylic acids is 1. The van der Waals surface area contributed by atoms with Gasteiger partial charge >= 0.3 is 5.97 Å². The second kappa shape index (κ2) is 5.17. The van der Waals surface area contributed by atoms with E-state index >= 15 is 0 Å². The Hall–Kier alpha value is -2.02. The SMILES string of the molecule is COC(=O)C(C)Cc1ccc(N)c(C#N)c1. The number of anilines is 1. The van der Waals surface area contributed by atoms with E-state index in [9.17, 15) is 4.79 Å². The lowest BCUT2D eigenvalue weighted by molar-refractivity contribution is -0.144. The fourth-order valence-corrected chi connectivity index (χ4v) is 1.47. The van der Waals surface area contributed by atoms with Crippen LogP contribution in [-0.4, -0.2) is 13.1 Å². The first-order valence-electron chi connectivity index (χ1n) is 4.94. The van der Waals surface area contributed by atoms with Crippen molar-refractivity contribution in [2.75, 3.05) is 12.8 Å². The van der Waals surface area contributed by atoms with Crippen LogP contribution in [0.25, 0.3) is 0 Å². The number of ether oxygens (including phenoxy) is 1. The Labute approximate surface area is 94.6 Å². The quantitative estimate of drug-likeness (QED) is 0.616. The summed E-state index contributed by atoms with van der Waals surface area (Å²) in [4.78, 5) is 11.2. The smallest absolute Gasteiger partial charge is 0.308 e. The van der Waals surface area contributed by atoms with Gasteiger partial charge in [-0.25, -0.2) is 0 Å². The predicted molar refractivity (Wildman–Crippen MR) is 60.5 cm³/mol. The van der Waals surface area contributed by atoms with Crippen LogP contribution in [0.2, 0.25) is 0 Å². The average molecular weight is 218 g/mol. The lowest BCUT2D eigenvalue weighted by atomic mass is 9.99. The second-order valence-electron chi connectivity index (χ2n) is 3.66. The van der Waals surface area contributed by atoms with E-state index < -0.39 is 0 Å². The van der Waals surface area contributed by atoms with Crippen LogP contribution in [0.15, 0.2) is 18.2 Å². The maximum atomic E-state index is 11.2. The van der Waals surface area contributed by atoms with E-state index in [1.165, 1.54) is 7.11 Å². The first-order chi connectivity index (χ1) is 7.58. The third kappa shape index (κ3) is 2.74. The topological polar surface area (TPSA) is 76.1 Å². The number of esters is 1. The second-order valence-corrected chi connectivity index (χ2v) is 3.66. The van der Waals surface area contributed by atoms with E-state index in [4.69, 9.17) is 11.0 Å². The molecule has 0 heterocycles. The number of nitrogens with zero attached hydrogens (tertiary/aromatic N) is 1. The molecule has 0 spiro atoms. The highest BCUT2D eigenvalue weighted by molar-refractivity contribution is 5.72. The summed E-state index contributed by atoms with van der Waals surface area (Å²) >= 11 is 0. The molecule has 1 aromatic rings. The maximum Gasteiger partial charge on any atom is 0.308 e. The third-order valence-electron chi connectivity index (χ3n) is 2.38. The number of hydrogen-bond acceptors (Lipinski definition) is 4. The van der Waals surface area contributed by atoms with Gasteiger partial charge in [0.2, 0.25) is 0 Å². The molecule has 0 aliphatic carbocycles. The Balaban J connectivity index is 2.83. The van der Waals surface area contributed by atoms with Gasteiger partial charge in [0.1, 0.15) is 6.07 Å². The Morgan fingerprint density at radius 2 is 2.31 bits per heavy atom. The summed E-state index contributed by atoms with van der Waals surface area (Å²) in [5.74, 6) is -0.476. The van der Waals surface area contributed by atoms with Crippen molar-refractivity contribution in [2.45, 2.75) is 13.3 Å². The number of hydrogen-bond donors (Lipinski definition) is 1. The molecule has 0 fully saturated rings. The molecule has 16 heavy (non-hydrogen) atoms. The summed E-state index contributed by atoms with van der Waals surface area (Å²) in [5.41, 5.74) is 7.40. The van der Waals surface area contributed by atoms with Crippen molar-refractivity contribution in [3.05, 3.63) is 29.3 Å². The molecule has 0 bridgehead atoms. The fourth-order valence-electron chi connectivity index (χ4n) is 1.47. The standard InChI is InChI=1S/C12H14N2O2/c1-8(12(15)16-2)5-9-3-4-11(14)10(6-9)7-13/h3-4,6,8H,5,14H2,1-2H3. The lowest BCUT2D eigenvalue weighted by Gasteiger charge is -2.09. The minimum atomic E-state index is -0.254. The molecule has 1 aromatic carbocycles. The van der Waals surface area contributed by atoms with E-state index in [-0.39, 0.29) is 11.9 Å². The molecule has 84 valence electrons. The van der Waals surface area contributed by atoms with Crippen LogP contribution in [-0.2, 0) is 16.0 Å². The van der Waals surface area contributed by atoms with Gasteiger partial charge in [0.15, 0.2) is 0 Å². The third-order valence-corrected chi connectivity index (χ3v) is 2.38. The molecule has 2 N–H and O–H groups in total. The number of carbonyl (C=O) groups is 1. The summed E-state index contributed by atoms with van der Waals surface area (Å²) < 4.78 is 4.64. The monoisotopic (exact) mass is 218 g/mol. The summed E-state index contributed by atoms with van der Waals surface area (Å²) in [7, 11) is 1.36. The molecule has 1 atom stereocenters. The molecule has 0 aliphatic rings. The highest BCUT2D eigenvalue weighted by atomic mass is 16.5. The minimum Gasteiger partial charge on any atom is -0.469 e. The number of nitriles is 1. The molecule has 0 aliphatic heterocycles. The zero-order valence-corrected chi connectivity index (χ0v) is 9.36. The Morgan fingerprint density at radius 3 is 2.88 bits per heavy atom. The fraction of sp³-hybridized carbons (Fsp3) is 0.333. The van der Waals surface area contributed by atoms with E-state index in [1.807, 2.05) is 12.1 Å². The molecule has 0 saturated carbocycles. The molecule has 0 radical (unpaired) electrons. The molecule has 0 amide bonds. The molecular weight excluding hydrogens is 204 g/mol. The Bertz CT molecular complexity index is 435. The van der Waals surface area contributed by atoms with Gasteiger partial charge in [-0.2, -0.15) is 5.26 Å². The van der Waals surface area contributed by atoms with Crippen molar-refractivity contribution in [1.82, 2.24) is 0 Å². The van der Waals surface area contributed by atoms with E-state index in [2.05, 4.69) is 4.74 Å². The van der Waals surface area contributed by atoms with Gasteiger partial charge in [-0.05, 0) is 24.1 Å².